The summed E-state index contributed by atoms with van der Waals surface area (Å²) in [4.78, 5) is 20.8. The lowest BCUT2D eigenvalue weighted by atomic mass is 9.96. The molecule has 0 atom stereocenters. The number of aromatic amines is 1. The van der Waals surface area contributed by atoms with Gasteiger partial charge in [0.2, 0.25) is 0 Å². The van der Waals surface area contributed by atoms with E-state index in [2.05, 4.69) is 16.9 Å². The topological polar surface area (TPSA) is 55.0 Å². The number of ether oxygens (including phenoxy) is 1. The number of unbranched alkanes of at least 4 members (excludes halogenated alkanes) is 2. The molecule has 0 saturated heterocycles. The van der Waals surface area contributed by atoms with Gasteiger partial charge in [0.15, 0.2) is 5.78 Å². The summed E-state index contributed by atoms with van der Waals surface area (Å²) in [5, 5.41) is 2.01. The first-order valence-electron chi connectivity index (χ1n) is 9.41. The predicted molar refractivity (Wildman–Crippen MR) is 108 cm³/mol. The number of benzene rings is 3. The highest BCUT2D eigenvalue weighted by Gasteiger charge is 2.18. The number of H-pyrrole nitrogens is 1. The SMILES string of the molecule is CCCCCOc1ccc(C(=O)c2cccc3ccccc23)c2[nH]cnc12. The fourth-order valence-electron chi connectivity index (χ4n) is 3.42. The maximum atomic E-state index is 13.3. The zero-order valence-corrected chi connectivity index (χ0v) is 15.4. The van der Waals surface area contributed by atoms with Crippen molar-refractivity contribution in [1.29, 1.82) is 0 Å². The maximum absolute atomic E-state index is 13.3. The Bertz CT molecular complexity index is 1090. The third-order valence-electron chi connectivity index (χ3n) is 4.83. The molecule has 27 heavy (non-hydrogen) atoms. The van der Waals surface area contributed by atoms with Crippen LogP contribution in [0.5, 0.6) is 5.75 Å². The normalized spacial score (nSPS) is 11.1. The van der Waals surface area contributed by atoms with Crippen molar-refractivity contribution >= 4 is 27.6 Å². The lowest BCUT2D eigenvalue weighted by Crippen LogP contribution is -2.04. The van der Waals surface area contributed by atoms with Crippen LogP contribution >= 0.6 is 0 Å². The van der Waals surface area contributed by atoms with Crippen molar-refractivity contribution in [1.82, 2.24) is 9.97 Å². The lowest BCUT2D eigenvalue weighted by molar-refractivity contribution is 0.104. The van der Waals surface area contributed by atoms with E-state index in [4.69, 9.17) is 4.74 Å². The smallest absolute Gasteiger partial charge is 0.195 e. The first-order valence-corrected chi connectivity index (χ1v) is 9.41. The van der Waals surface area contributed by atoms with E-state index in [0.29, 0.717) is 23.3 Å². The molecule has 3 aromatic carbocycles. The van der Waals surface area contributed by atoms with Gasteiger partial charge in [0.05, 0.1) is 18.5 Å². The van der Waals surface area contributed by atoms with Crippen LogP contribution < -0.4 is 4.74 Å². The van der Waals surface area contributed by atoms with E-state index in [0.717, 1.165) is 41.3 Å². The predicted octanol–water partition coefficient (Wildman–Crippen LogP) is 5.52. The summed E-state index contributed by atoms with van der Waals surface area (Å²) in [6.07, 6.45) is 4.92. The molecule has 4 rings (SSSR count). The molecule has 1 N–H and O–H groups in total. The second kappa shape index (κ2) is 7.62. The third kappa shape index (κ3) is 3.31. The van der Waals surface area contributed by atoms with Gasteiger partial charge in [-0.3, -0.25) is 4.79 Å². The van der Waals surface area contributed by atoms with E-state index >= 15 is 0 Å². The fraction of sp³-hybridized carbons (Fsp3) is 0.217. The summed E-state index contributed by atoms with van der Waals surface area (Å²) in [7, 11) is 0. The van der Waals surface area contributed by atoms with Crippen molar-refractivity contribution in [2.75, 3.05) is 6.61 Å². The third-order valence-corrected chi connectivity index (χ3v) is 4.83. The molecule has 4 nitrogen and oxygen atoms in total. The van der Waals surface area contributed by atoms with Gasteiger partial charge >= 0.3 is 0 Å². The van der Waals surface area contributed by atoms with Crippen molar-refractivity contribution in [3.63, 3.8) is 0 Å². The molecule has 4 aromatic rings. The molecule has 0 radical (unpaired) electrons. The molecule has 0 unspecified atom stereocenters. The largest absolute Gasteiger partial charge is 0.491 e. The molecular formula is C23H22N2O2. The number of aromatic nitrogens is 2. The average molecular weight is 358 g/mol. The van der Waals surface area contributed by atoms with Gasteiger partial charge in [0, 0.05) is 11.1 Å². The second-order valence-corrected chi connectivity index (χ2v) is 6.65. The molecule has 0 aliphatic carbocycles. The molecule has 0 amide bonds. The van der Waals surface area contributed by atoms with Gasteiger partial charge in [0.25, 0.3) is 0 Å². The maximum Gasteiger partial charge on any atom is 0.195 e. The summed E-state index contributed by atoms with van der Waals surface area (Å²) < 4.78 is 5.90. The number of hydrogen-bond donors (Lipinski definition) is 1. The lowest BCUT2D eigenvalue weighted by Gasteiger charge is -2.10. The standard InChI is InChI=1S/C23H22N2O2/c1-2-3-6-14-27-20-13-12-19(21-22(20)25-15-24-21)23(26)18-11-7-9-16-8-4-5-10-17(16)18/h4-5,7-13,15H,2-3,6,14H2,1H3,(H,24,25). The molecule has 0 bridgehead atoms. The number of ketones is 1. The Balaban J connectivity index is 1.72. The Morgan fingerprint density at radius 2 is 1.85 bits per heavy atom. The van der Waals surface area contributed by atoms with Crippen LogP contribution in [-0.2, 0) is 0 Å². The minimum Gasteiger partial charge on any atom is -0.491 e. The van der Waals surface area contributed by atoms with E-state index in [9.17, 15) is 4.79 Å². The van der Waals surface area contributed by atoms with Crippen LogP contribution in [0.2, 0.25) is 0 Å². The average Bonchev–Trinajstić information content (AvgIpc) is 3.20. The van der Waals surface area contributed by atoms with E-state index in [-0.39, 0.29) is 5.78 Å². The van der Waals surface area contributed by atoms with Crippen molar-refractivity contribution in [2.24, 2.45) is 0 Å². The summed E-state index contributed by atoms with van der Waals surface area (Å²) >= 11 is 0. The molecule has 1 aromatic heterocycles. The second-order valence-electron chi connectivity index (χ2n) is 6.65. The fourth-order valence-corrected chi connectivity index (χ4v) is 3.42. The Hall–Kier alpha value is -3.14. The Morgan fingerprint density at radius 3 is 2.74 bits per heavy atom. The quantitative estimate of drug-likeness (QED) is 0.350. The summed E-state index contributed by atoms with van der Waals surface area (Å²) in [5.41, 5.74) is 2.74. The van der Waals surface area contributed by atoms with Crippen LogP contribution in [0, 0.1) is 0 Å². The van der Waals surface area contributed by atoms with Crippen LogP contribution in [0.4, 0.5) is 0 Å². The number of imidazole rings is 1. The highest BCUT2D eigenvalue weighted by molar-refractivity contribution is 6.20. The number of rotatable bonds is 7. The Labute approximate surface area is 158 Å². The van der Waals surface area contributed by atoms with Crippen molar-refractivity contribution in [3.8, 4) is 5.75 Å². The monoisotopic (exact) mass is 358 g/mol. The first kappa shape index (κ1) is 17.3. The van der Waals surface area contributed by atoms with Crippen molar-refractivity contribution in [3.05, 3.63) is 72.1 Å². The summed E-state index contributed by atoms with van der Waals surface area (Å²) in [6.45, 7) is 2.83. The molecule has 0 fully saturated rings. The molecule has 0 saturated carbocycles. The number of carbonyl (C=O) groups excluding carboxylic acids is 1. The highest BCUT2D eigenvalue weighted by Crippen LogP contribution is 2.29. The molecule has 0 aliphatic heterocycles. The van der Waals surface area contributed by atoms with Gasteiger partial charge < -0.3 is 9.72 Å². The van der Waals surface area contributed by atoms with Crippen LogP contribution in [0.3, 0.4) is 0 Å². The molecule has 0 aliphatic rings. The van der Waals surface area contributed by atoms with Gasteiger partial charge in [0.1, 0.15) is 11.3 Å². The van der Waals surface area contributed by atoms with Gasteiger partial charge in [-0.05, 0) is 29.3 Å². The molecule has 0 spiro atoms. The summed E-state index contributed by atoms with van der Waals surface area (Å²) in [5.74, 6) is 0.704. The van der Waals surface area contributed by atoms with Crippen LogP contribution in [0.25, 0.3) is 21.8 Å². The Morgan fingerprint density at radius 1 is 1.00 bits per heavy atom. The van der Waals surface area contributed by atoms with Crippen molar-refractivity contribution in [2.45, 2.75) is 26.2 Å². The number of fused-ring (bicyclic) bond motifs is 2. The zero-order valence-electron chi connectivity index (χ0n) is 15.4. The van der Waals surface area contributed by atoms with Gasteiger partial charge in [-0.15, -0.1) is 0 Å². The number of nitrogens with one attached hydrogen (secondary N) is 1. The van der Waals surface area contributed by atoms with Crippen LogP contribution in [0.1, 0.15) is 42.1 Å². The van der Waals surface area contributed by atoms with E-state index in [1.165, 1.54) is 0 Å². The van der Waals surface area contributed by atoms with E-state index < -0.39 is 0 Å². The molecule has 1 heterocycles. The zero-order chi connectivity index (χ0) is 18.6. The van der Waals surface area contributed by atoms with Gasteiger partial charge in [-0.2, -0.15) is 0 Å². The number of carbonyl (C=O) groups is 1. The minimum absolute atomic E-state index is 0.0152. The Kier molecular flexibility index (Phi) is 4.88. The van der Waals surface area contributed by atoms with E-state index in [1.54, 1.807) is 6.33 Å². The minimum atomic E-state index is -0.0152. The molecular weight excluding hydrogens is 336 g/mol. The summed E-state index contributed by atoms with van der Waals surface area (Å²) in [6, 6.07) is 17.4. The molecule has 136 valence electrons. The van der Waals surface area contributed by atoms with Gasteiger partial charge in [-0.1, -0.05) is 62.2 Å². The van der Waals surface area contributed by atoms with Crippen molar-refractivity contribution < 1.29 is 9.53 Å². The number of nitrogens with zero attached hydrogens (tertiary/aromatic N) is 1. The first-order chi connectivity index (χ1) is 13.3. The van der Waals surface area contributed by atoms with Crippen LogP contribution in [-0.4, -0.2) is 22.4 Å². The van der Waals surface area contributed by atoms with E-state index in [1.807, 2.05) is 54.6 Å². The van der Waals surface area contributed by atoms with Gasteiger partial charge in [-0.25, -0.2) is 4.98 Å². The number of hydrogen-bond acceptors (Lipinski definition) is 3. The molecule has 4 heteroatoms. The highest BCUT2D eigenvalue weighted by atomic mass is 16.5. The van der Waals surface area contributed by atoms with Crippen LogP contribution in [0.15, 0.2) is 60.9 Å².